The number of amides is 1. The number of carbonyl (C=O) groups is 1. The first kappa shape index (κ1) is 20.0. The van der Waals surface area contributed by atoms with Crippen LogP contribution in [0.15, 0.2) is 12.4 Å². The van der Waals surface area contributed by atoms with E-state index in [4.69, 9.17) is 19.2 Å². The highest BCUT2D eigenvalue weighted by Gasteiger charge is 2.52. The number of aliphatic hydroxyl groups excluding tert-OH is 2. The molecule has 0 aromatic carbocycles. The van der Waals surface area contributed by atoms with Crippen LogP contribution in [0.25, 0.3) is 0 Å². The maximum atomic E-state index is 11.9. The molecule has 0 aliphatic carbocycles. The zero-order valence-electron chi connectivity index (χ0n) is 16.1. The predicted molar refractivity (Wildman–Crippen MR) is 96.5 cm³/mol. The van der Waals surface area contributed by atoms with Crippen molar-refractivity contribution >= 4 is 18.5 Å². The molecule has 2 aliphatic heterocycles. The molecule has 1 aromatic rings. The first-order valence-electron chi connectivity index (χ1n) is 9.05. The van der Waals surface area contributed by atoms with Crippen molar-refractivity contribution in [1.29, 1.82) is 0 Å². The summed E-state index contributed by atoms with van der Waals surface area (Å²) in [4.78, 5) is 21.8. The van der Waals surface area contributed by atoms with Crippen molar-refractivity contribution in [3.8, 4) is 6.01 Å². The summed E-state index contributed by atoms with van der Waals surface area (Å²) in [7, 11) is -0.538. The highest BCUT2D eigenvalue weighted by Crippen LogP contribution is 2.36. The molecule has 3 heterocycles. The molecule has 3 rings (SSSR count). The van der Waals surface area contributed by atoms with Gasteiger partial charge in [-0.2, -0.15) is 0 Å². The number of hydrogen-bond acceptors (Lipinski definition) is 8. The fourth-order valence-electron chi connectivity index (χ4n) is 2.95. The summed E-state index contributed by atoms with van der Waals surface area (Å²) in [6.07, 6.45) is 2.17. The second kappa shape index (κ2) is 7.35. The molecule has 2 aliphatic rings. The van der Waals surface area contributed by atoms with E-state index in [2.05, 4.69) is 9.97 Å². The molecule has 0 spiro atoms. The average molecular weight is 379 g/mol. The van der Waals surface area contributed by atoms with Gasteiger partial charge in [-0.15, -0.1) is 0 Å². The number of carbonyl (C=O) groups excluding carboxylic acids is 1. The lowest BCUT2D eigenvalue weighted by atomic mass is 9.81. The van der Waals surface area contributed by atoms with Crippen LogP contribution in [-0.2, 0) is 14.1 Å². The maximum absolute atomic E-state index is 11.9. The van der Waals surface area contributed by atoms with Crippen molar-refractivity contribution in [3.05, 3.63) is 12.4 Å². The minimum Gasteiger partial charge on any atom is -0.458 e. The van der Waals surface area contributed by atoms with E-state index < -0.39 is 36.9 Å². The third kappa shape index (κ3) is 4.08. The van der Waals surface area contributed by atoms with Crippen LogP contribution in [0.5, 0.6) is 6.01 Å². The molecule has 27 heavy (non-hydrogen) atoms. The molecule has 0 radical (unpaired) electrons. The smallest absolute Gasteiger partial charge is 0.458 e. The first-order valence-corrected chi connectivity index (χ1v) is 9.05. The molecule has 1 aromatic heterocycles. The van der Waals surface area contributed by atoms with Gasteiger partial charge >= 0.3 is 13.1 Å². The molecular weight excluding hydrogens is 353 g/mol. The highest BCUT2D eigenvalue weighted by atomic mass is 16.7. The zero-order valence-corrected chi connectivity index (χ0v) is 16.1. The Hall–Kier alpha value is -1.75. The van der Waals surface area contributed by atoms with Gasteiger partial charge in [-0.05, 0) is 27.7 Å². The van der Waals surface area contributed by atoms with Gasteiger partial charge in [0.05, 0.1) is 24.4 Å². The van der Waals surface area contributed by atoms with Crippen LogP contribution in [0, 0.1) is 0 Å². The quantitative estimate of drug-likeness (QED) is 0.634. The number of rotatable bonds is 5. The number of likely N-dealkylation sites (tertiary alicyclic amines) is 1. The summed E-state index contributed by atoms with van der Waals surface area (Å²) in [6, 6.07) is 0.206. The Morgan fingerprint density at radius 2 is 1.93 bits per heavy atom. The minimum atomic E-state index is -1.39. The van der Waals surface area contributed by atoms with E-state index in [-0.39, 0.29) is 12.1 Å². The molecule has 2 atom stereocenters. The van der Waals surface area contributed by atoms with Crippen molar-refractivity contribution in [2.75, 3.05) is 19.7 Å². The third-order valence-corrected chi connectivity index (χ3v) is 5.36. The van der Waals surface area contributed by atoms with Crippen molar-refractivity contribution in [1.82, 2.24) is 14.9 Å². The van der Waals surface area contributed by atoms with Gasteiger partial charge < -0.3 is 29.2 Å². The normalized spacial score (nSPS) is 24.9. The number of hydrogen-bond donors (Lipinski definition) is 2. The van der Waals surface area contributed by atoms with Crippen molar-refractivity contribution < 1.29 is 29.1 Å². The number of ether oxygens (including phenoxy) is 1. The first-order chi connectivity index (χ1) is 12.6. The van der Waals surface area contributed by atoms with Crippen LogP contribution < -0.4 is 10.2 Å². The summed E-state index contributed by atoms with van der Waals surface area (Å²) in [5.74, 6) is -0.499. The Labute approximate surface area is 158 Å². The van der Waals surface area contributed by atoms with E-state index in [9.17, 15) is 9.90 Å². The summed E-state index contributed by atoms with van der Waals surface area (Å²) in [6.45, 7) is 8.09. The van der Waals surface area contributed by atoms with Crippen LogP contribution in [0.2, 0.25) is 0 Å². The van der Waals surface area contributed by atoms with Gasteiger partial charge in [-0.1, -0.05) is 0 Å². The van der Waals surface area contributed by atoms with Gasteiger partial charge in [-0.3, -0.25) is 4.79 Å². The third-order valence-electron chi connectivity index (χ3n) is 5.36. The van der Waals surface area contributed by atoms with Gasteiger partial charge in [0.2, 0.25) is 0 Å². The summed E-state index contributed by atoms with van der Waals surface area (Å²) < 4.78 is 17.7. The molecule has 0 saturated carbocycles. The van der Waals surface area contributed by atoms with E-state index in [0.717, 1.165) is 0 Å². The summed E-state index contributed by atoms with van der Waals surface area (Å²) in [5.41, 5.74) is -0.173. The van der Waals surface area contributed by atoms with Gasteiger partial charge in [-0.25, -0.2) is 9.97 Å². The predicted octanol–water partition coefficient (Wildman–Crippen LogP) is -0.891. The van der Waals surface area contributed by atoms with Crippen LogP contribution in [0.1, 0.15) is 34.1 Å². The molecule has 148 valence electrons. The molecule has 2 fully saturated rings. The van der Waals surface area contributed by atoms with Crippen LogP contribution in [0.3, 0.4) is 0 Å². The topological polar surface area (TPSA) is 114 Å². The minimum absolute atomic E-state index is 0.206. The maximum Gasteiger partial charge on any atom is 0.498 e. The highest BCUT2D eigenvalue weighted by molar-refractivity contribution is 6.61. The average Bonchev–Trinajstić information content (AvgIpc) is 3.16. The SMILES string of the molecule is CC1(C)OB(c2cnc(O[C@H]3CCN(C(=O)C(O)CO)C3)nc2)OC1(C)C. The Morgan fingerprint density at radius 3 is 2.48 bits per heavy atom. The summed E-state index contributed by atoms with van der Waals surface area (Å²) in [5, 5.41) is 18.3. The monoisotopic (exact) mass is 379 g/mol. The molecule has 1 unspecified atom stereocenters. The van der Waals surface area contributed by atoms with Gasteiger partial charge in [0.1, 0.15) is 6.10 Å². The van der Waals surface area contributed by atoms with Gasteiger partial charge in [0.25, 0.3) is 5.91 Å². The fourth-order valence-corrected chi connectivity index (χ4v) is 2.95. The van der Waals surface area contributed by atoms with Gasteiger partial charge in [0.15, 0.2) is 6.10 Å². The second-order valence-electron chi connectivity index (χ2n) is 7.90. The Kier molecular flexibility index (Phi) is 5.44. The Balaban J connectivity index is 1.57. The molecule has 1 amide bonds. The number of nitrogens with zero attached hydrogens (tertiary/aromatic N) is 3. The van der Waals surface area contributed by atoms with Crippen LogP contribution in [-0.4, -0.2) is 81.2 Å². The van der Waals surface area contributed by atoms with Crippen molar-refractivity contribution in [3.63, 3.8) is 0 Å². The molecule has 0 bridgehead atoms. The van der Waals surface area contributed by atoms with E-state index in [1.165, 1.54) is 4.90 Å². The summed E-state index contributed by atoms with van der Waals surface area (Å²) >= 11 is 0. The zero-order chi connectivity index (χ0) is 19.8. The lowest BCUT2D eigenvalue weighted by Crippen LogP contribution is -2.41. The molecule has 2 saturated heterocycles. The molecular formula is C17H26BN3O6. The van der Waals surface area contributed by atoms with E-state index in [0.29, 0.717) is 25.0 Å². The van der Waals surface area contributed by atoms with E-state index >= 15 is 0 Å². The van der Waals surface area contributed by atoms with Crippen LogP contribution in [0.4, 0.5) is 0 Å². The van der Waals surface area contributed by atoms with E-state index in [1.54, 1.807) is 12.4 Å². The standard InChI is InChI=1S/C17H26BN3O6/c1-16(2)17(3,4)27-18(26-16)11-7-19-15(20-8-11)25-12-5-6-21(9-12)14(24)13(23)10-22/h7-8,12-13,22-23H,5-6,9-10H2,1-4H3/t12-,13?/m0/s1. The molecule has 9 nitrogen and oxygen atoms in total. The lowest BCUT2D eigenvalue weighted by molar-refractivity contribution is -0.141. The Bertz CT molecular complexity index is 668. The fraction of sp³-hybridized carbons (Fsp3) is 0.706. The molecule has 2 N–H and O–H groups in total. The number of aromatic nitrogens is 2. The van der Waals surface area contributed by atoms with E-state index in [1.807, 2.05) is 27.7 Å². The lowest BCUT2D eigenvalue weighted by Gasteiger charge is -2.32. The second-order valence-corrected chi connectivity index (χ2v) is 7.90. The van der Waals surface area contributed by atoms with Crippen molar-refractivity contribution in [2.24, 2.45) is 0 Å². The van der Waals surface area contributed by atoms with Crippen LogP contribution >= 0.6 is 0 Å². The molecule has 10 heteroatoms. The largest absolute Gasteiger partial charge is 0.498 e. The number of aliphatic hydroxyl groups is 2. The van der Waals surface area contributed by atoms with Crippen molar-refractivity contribution in [2.45, 2.75) is 57.5 Å². The Morgan fingerprint density at radius 1 is 1.33 bits per heavy atom. The van der Waals surface area contributed by atoms with Gasteiger partial charge in [0, 0.05) is 30.8 Å².